The lowest BCUT2D eigenvalue weighted by atomic mass is 10.1. The van der Waals surface area contributed by atoms with Crippen molar-refractivity contribution in [3.63, 3.8) is 0 Å². The molecule has 0 bridgehead atoms. The van der Waals surface area contributed by atoms with Gasteiger partial charge in [-0.25, -0.2) is 0 Å². The van der Waals surface area contributed by atoms with Crippen LogP contribution in [0.15, 0.2) is 48.5 Å². The van der Waals surface area contributed by atoms with E-state index < -0.39 is 0 Å². The van der Waals surface area contributed by atoms with Crippen molar-refractivity contribution in [2.45, 2.75) is 6.42 Å². The van der Waals surface area contributed by atoms with Crippen molar-refractivity contribution in [1.29, 1.82) is 0 Å². The second-order valence-corrected chi connectivity index (χ2v) is 4.95. The molecule has 2 rings (SSSR count). The lowest BCUT2D eigenvalue weighted by Gasteiger charge is -2.18. The highest BCUT2D eigenvalue weighted by Gasteiger charge is 2.11. The zero-order valence-electron chi connectivity index (χ0n) is 12.6. The van der Waals surface area contributed by atoms with Crippen LogP contribution in [0.25, 0.3) is 0 Å². The monoisotopic (exact) mass is 284 g/mol. The molecule has 4 heteroatoms. The van der Waals surface area contributed by atoms with Crippen LogP contribution in [0.5, 0.6) is 5.75 Å². The minimum atomic E-state index is -0.0613. The van der Waals surface area contributed by atoms with Crippen molar-refractivity contribution in [1.82, 2.24) is 0 Å². The van der Waals surface area contributed by atoms with Crippen molar-refractivity contribution < 1.29 is 9.53 Å². The van der Waals surface area contributed by atoms with Gasteiger partial charge in [0.15, 0.2) is 0 Å². The fraction of sp³-hybridized carbons (Fsp3) is 0.235. The van der Waals surface area contributed by atoms with Crippen LogP contribution in [0.1, 0.15) is 5.56 Å². The Labute approximate surface area is 125 Å². The Morgan fingerprint density at radius 1 is 1.10 bits per heavy atom. The van der Waals surface area contributed by atoms with Gasteiger partial charge in [0, 0.05) is 19.7 Å². The molecule has 0 aliphatic rings. The van der Waals surface area contributed by atoms with E-state index in [0.29, 0.717) is 0 Å². The summed E-state index contributed by atoms with van der Waals surface area (Å²) in [5, 5.41) is 2.96. The number of carbonyl (C=O) groups excluding carboxylic acids is 1. The molecule has 0 atom stereocenters. The summed E-state index contributed by atoms with van der Waals surface area (Å²) in [7, 11) is 5.51. The Hall–Kier alpha value is -2.49. The predicted molar refractivity (Wildman–Crippen MR) is 86.1 cm³/mol. The standard InChI is InChI=1S/C17H20N2O2/c1-19(2)15-10-6-5-9-14(15)18-17(20)12-13-8-4-7-11-16(13)21-3/h4-11H,12H2,1-3H3,(H,18,20). The Balaban J connectivity index is 2.12. The van der Waals surface area contributed by atoms with Crippen molar-refractivity contribution >= 4 is 17.3 Å². The maximum absolute atomic E-state index is 12.2. The van der Waals surface area contributed by atoms with Gasteiger partial charge in [0.25, 0.3) is 0 Å². The fourth-order valence-electron chi connectivity index (χ4n) is 2.19. The normalized spacial score (nSPS) is 10.0. The molecule has 2 aromatic carbocycles. The van der Waals surface area contributed by atoms with Crippen molar-refractivity contribution in [3.05, 3.63) is 54.1 Å². The molecule has 0 fully saturated rings. The molecular formula is C17H20N2O2. The smallest absolute Gasteiger partial charge is 0.228 e. The van der Waals surface area contributed by atoms with E-state index in [1.54, 1.807) is 7.11 Å². The van der Waals surface area contributed by atoms with E-state index in [1.807, 2.05) is 67.5 Å². The molecule has 0 saturated carbocycles. The summed E-state index contributed by atoms with van der Waals surface area (Å²) < 4.78 is 5.27. The van der Waals surface area contributed by atoms with Gasteiger partial charge in [-0.3, -0.25) is 4.79 Å². The summed E-state index contributed by atoms with van der Waals surface area (Å²) in [4.78, 5) is 14.2. The lowest BCUT2D eigenvalue weighted by Crippen LogP contribution is -2.18. The first kappa shape index (κ1) is 14.9. The first-order valence-electron chi connectivity index (χ1n) is 6.80. The van der Waals surface area contributed by atoms with Crippen molar-refractivity contribution in [3.8, 4) is 5.75 Å². The van der Waals surface area contributed by atoms with Gasteiger partial charge >= 0.3 is 0 Å². The van der Waals surface area contributed by atoms with Crippen LogP contribution in [0.4, 0.5) is 11.4 Å². The molecule has 1 N–H and O–H groups in total. The van der Waals surface area contributed by atoms with Crippen molar-refractivity contribution in [2.75, 3.05) is 31.4 Å². The Morgan fingerprint density at radius 3 is 2.48 bits per heavy atom. The molecule has 0 aromatic heterocycles. The van der Waals surface area contributed by atoms with E-state index in [0.717, 1.165) is 22.7 Å². The van der Waals surface area contributed by atoms with Gasteiger partial charge < -0.3 is 15.0 Å². The Kier molecular flexibility index (Phi) is 4.82. The highest BCUT2D eigenvalue weighted by Crippen LogP contribution is 2.24. The number of hydrogen-bond acceptors (Lipinski definition) is 3. The number of para-hydroxylation sites is 3. The van der Waals surface area contributed by atoms with E-state index in [-0.39, 0.29) is 12.3 Å². The molecule has 4 nitrogen and oxygen atoms in total. The molecule has 0 saturated heterocycles. The molecule has 0 unspecified atom stereocenters. The van der Waals surface area contributed by atoms with Crippen LogP contribution in [0, 0.1) is 0 Å². The van der Waals surface area contributed by atoms with Gasteiger partial charge in [0.1, 0.15) is 5.75 Å². The first-order valence-corrected chi connectivity index (χ1v) is 6.80. The highest BCUT2D eigenvalue weighted by atomic mass is 16.5. The number of nitrogens with zero attached hydrogens (tertiary/aromatic N) is 1. The number of rotatable bonds is 5. The van der Waals surface area contributed by atoms with Gasteiger partial charge in [-0.2, -0.15) is 0 Å². The fourth-order valence-corrected chi connectivity index (χ4v) is 2.19. The zero-order valence-corrected chi connectivity index (χ0v) is 12.6. The second kappa shape index (κ2) is 6.79. The largest absolute Gasteiger partial charge is 0.496 e. The van der Waals surface area contributed by atoms with Gasteiger partial charge in [-0.1, -0.05) is 30.3 Å². The average molecular weight is 284 g/mol. The first-order chi connectivity index (χ1) is 10.1. The number of anilines is 2. The Bertz CT molecular complexity index is 624. The predicted octanol–water partition coefficient (Wildman–Crippen LogP) is 2.94. The van der Waals surface area contributed by atoms with E-state index >= 15 is 0 Å². The number of ether oxygens (including phenoxy) is 1. The van der Waals surface area contributed by atoms with E-state index in [2.05, 4.69) is 5.32 Å². The molecule has 0 aliphatic carbocycles. The zero-order chi connectivity index (χ0) is 15.2. The van der Waals surface area contributed by atoms with Crippen LogP contribution in [0.2, 0.25) is 0 Å². The third kappa shape index (κ3) is 3.75. The third-order valence-corrected chi connectivity index (χ3v) is 3.20. The number of hydrogen-bond donors (Lipinski definition) is 1. The Morgan fingerprint density at radius 2 is 1.76 bits per heavy atom. The maximum atomic E-state index is 12.2. The lowest BCUT2D eigenvalue weighted by molar-refractivity contribution is -0.115. The van der Waals surface area contributed by atoms with Crippen LogP contribution in [0.3, 0.4) is 0 Å². The summed E-state index contributed by atoms with van der Waals surface area (Å²) >= 11 is 0. The molecule has 110 valence electrons. The molecule has 1 amide bonds. The van der Waals surface area contributed by atoms with Gasteiger partial charge in [0.05, 0.1) is 24.9 Å². The van der Waals surface area contributed by atoms with Crippen LogP contribution >= 0.6 is 0 Å². The number of nitrogens with one attached hydrogen (secondary N) is 1. The number of benzene rings is 2. The van der Waals surface area contributed by atoms with Gasteiger partial charge in [-0.15, -0.1) is 0 Å². The topological polar surface area (TPSA) is 41.6 Å². The molecule has 2 aromatic rings. The van der Waals surface area contributed by atoms with Gasteiger partial charge in [-0.05, 0) is 18.2 Å². The quantitative estimate of drug-likeness (QED) is 0.918. The molecule has 0 heterocycles. The summed E-state index contributed by atoms with van der Waals surface area (Å²) in [6, 6.07) is 15.3. The molecule has 0 spiro atoms. The van der Waals surface area contributed by atoms with E-state index in [1.165, 1.54) is 0 Å². The summed E-state index contributed by atoms with van der Waals surface area (Å²) in [6.45, 7) is 0. The van der Waals surface area contributed by atoms with Crippen LogP contribution < -0.4 is 15.0 Å². The molecule has 0 radical (unpaired) electrons. The maximum Gasteiger partial charge on any atom is 0.228 e. The van der Waals surface area contributed by atoms with Crippen molar-refractivity contribution in [2.24, 2.45) is 0 Å². The van der Waals surface area contributed by atoms with E-state index in [9.17, 15) is 4.79 Å². The molecular weight excluding hydrogens is 264 g/mol. The SMILES string of the molecule is COc1ccccc1CC(=O)Nc1ccccc1N(C)C. The molecule has 21 heavy (non-hydrogen) atoms. The van der Waals surface area contributed by atoms with Crippen LogP contribution in [-0.4, -0.2) is 27.1 Å². The molecule has 0 aliphatic heterocycles. The number of amides is 1. The minimum Gasteiger partial charge on any atom is -0.496 e. The summed E-state index contributed by atoms with van der Waals surface area (Å²) in [5.41, 5.74) is 2.66. The second-order valence-electron chi connectivity index (χ2n) is 4.95. The highest BCUT2D eigenvalue weighted by molar-refractivity contribution is 5.95. The summed E-state index contributed by atoms with van der Waals surface area (Å²) in [6.07, 6.45) is 0.284. The van der Waals surface area contributed by atoms with Gasteiger partial charge in [0.2, 0.25) is 5.91 Å². The minimum absolute atomic E-state index is 0.0613. The number of methoxy groups -OCH3 is 1. The van der Waals surface area contributed by atoms with Crippen LogP contribution in [-0.2, 0) is 11.2 Å². The average Bonchev–Trinajstić information content (AvgIpc) is 2.48. The summed E-state index contributed by atoms with van der Waals surface area (Å²) in [5.74, 6) is 0.669. The van der Waals surface area contributed by atoms with E-state index in [4.69, 9.17) is 4.74 Å². The number of carbonyl (C=O) groups is 1. The third-order valence-electron chi connectivity index (χ3n) is 3.20.